The molecule has 0 aliphatic heterocycles. The summed E-state index contributed by atoms with van der Waals surface area (Å²) >= 11 is 0. The third-order valence-electron chi connectivity index (χ3n) is 0.937. The molecule has 0 atom stereocenters. The van der Waals surface area contributed by atoms with Crippen LogP contribution in [0.2, 0.25) is 0 Å². The van der Waals surface area contributed by atoms with Crippen LogP contribution < -0.4 is 11.2 Å². The predicted molar refractivity (Wildman–Crippen MR) is 36.8 cm³/mol. The van der Waals surface area contributed by atoms with Crippen LogP contribution in [0.4, 0.5) is 5.82 Å². The molecule has 0 aliphatic rings. The normalized spacial score (nSPS) is 9.00. The monoisotopic (exact) mass is 106 g/mol. The van der Waals surface area contributed by atoms with Crippen LogP contribution in [-0.4, -0.2) is 12.8 Å². The van der Waals surface area contributed by atoms with E-state index in [1.165, 1.54) is 0 Å². The molecule has 1 aromatic heterocycles. The van der Waals surface area contributed by atoms with Gasteiger partial charge in [-0.1, -0.05) is 5.46 Å². The lowest BCUT2D eigenvalue weighted by Crippen LogP contribution is -2.03. The molecule has 0 aliphatic carbocycles. The van der Waals surface area contributed by atoms with Gasteiger partial charge in [-0.05, 0) is 12.1 Å². The number of nitrogens with zero attached hydrogens (tertiary/aromatic N) is 1. The van der Waals surface area contributed by atoms with E-state index >= 15 is 0 Å². The van der Waals surface area contributed by atoms with Crippen LogP contribution in [-0.2, 0) is 0 Å². The first-order valence-electron chi connectivity index (χ1n) is 2.47. The second-order valence-electron chi connectivity index (χ2n) is 1.76. The SMILES string of the molecule is Bc1ccnc(N)c1. The molecule has 8 heavy (non-hydrogen) atoms. The summed E-state index contributed by atoms with van der Waals surface area (Å²) in [4.78, 5) is 3.82. The minimum atomic E-state index is 0.588. The summed E-state index contributed by atoms with van der Waals surface area (Å²) in [6, 6.07) is 3.75. The van der Waals surface area contributed by atoms with Crippen molar-refractivity contribution in [2.45, 2.75) is 0 Å². The van der Waals surface area contributed by atoms with Crippen molar-refractivity contribution in [1.82, 2.24) is 4.98 Å². The summed E-state index contributed by atoms with van der Waals surface area (Å²) in [5, 5.41) is 0. The highest BCUT2D eigenvalue weighted by Crippen LogP contribution is 1.86. The van der Waals surface area contributed by atoms with E-state index < -0.39 is 0 Å². The van der Waals surface area contributed by atoms with Crippen molar-refractivity contribution in [2.75, 3.05) is 5.73 Å². The van der Waals surface area contributed by atoms with Gasteiger partial charge in [0, 0.05) is 6.20 Å². The van der Waals surface area contributed by atoms with Crippen LogP contribution in [0.25, 0.3) is 0 Å². The van der Waals surface area contributed by atoms with Gasteiger partial charge in [-0.3, -0.25) is 0 Å². The molecule has 0 saturated heterocycles. The molecule has 0 radical (unpaired) electrons. The Morgan fingerprint density at radius 3 is 2.75 bits per heavy atom. The second-order valence-corrected chi connectivity index (χ2v) is 1.76. The van der Waals surface area contributed by atoms with Gasteiger partial charge >= 0.3 is 0 Å². The van der Waals surface area contributed by atoms with Gasteiger partial charge in [-0.2, -0.15) is 0 Å². The highest BCUT2D eigenvalue weighted by Gasteiger charge is 1.82. The van der Waals surface area contributed by atoms with E-state index in [0.29, 0.717) is 5.82 Å². The number of hydrogen-bond acceptors (Lipinski definition) is 2. The molecule has 1 aromatic rings. The first kappa shape index (κ1) is 5.16. The Labute approximate surface area is 49.1 Å². The maximum atomic E-state index is 5.35. The maximum Gasteiger partial charge on any atom is 0.139 e. The van der Waals surface area contributed by atoms with E-state index in [1.807, 2.05) is 20.0 Å². The Hall–Kier alpha value is -0.985. The van der Waals surface area contributed by atoms with Crippen molar-refractivity contribution in [3.05, 3.63) is 18.3 Å². The van der Waals surface area contributed by atoms with Crippen LogP contribution >= 0.6 is 0 Å². The Kier molecular flexibility index (Phi) is 1.20. The quantitative estimate of drug-likeness (QED) is 0.427. The Morgan fingerprint density at radius 1 is 1.62 bits per heavy atom. The van der Waals surface area contributed by atoms with Gasteiger partial charge in [0.1, 0.15) is 13.7 Å². The fourth-order valence-corrected chi connectivity index (χ4v) is 0.560. The summed E-state index contributed by atoms with van der Waals surface area (Å²) in [6.07, 6.45) is 1.70. The molecule has 0 unspecified atom stereocenters. The number of anilines is 1. The average molecular weight is 106 g/mol. The summed E-state index contributed by atoms with van der Waals surface area (Å²) in [5.74, 6) is 0.588. The molecule has 0 bridgehead atoms. The highest BCUT2D eigenvalue weighted by atomic mass is 14.8. The topological polar surface area (TPSA) is 38.9 Å². The summed E-state index contributed by atoms with van der Waals surface area (Å²) < 4.78 is 0. The van der Waals surface area contributed by atoms with Gasteiger partial charge in [0.05, 0.1) is 0 Å². The molecule has 0 spiro atoms. The molecular formula is C5H7BN2. The number of pyridine rings is 1. The largest absolute Gasteiger partial charge is 0.384 e. The van der Waals surface area contributed by atoms with Crippen molar-refractivity contribution < 1.29 is 0 Å². The maximum absolute atomic E-state index is 5.35. The zero-order valence-corrected chi connectivity index (χ0v) is 4.76. The van der Waals surface area contributed by atoms with E-state index in [1.54, 1.807) is 6.20 Å². The molecule has 0 aromatic carbocycles. The van der Waals surface area contributed by atoms with Crippen LogP contribution in [0.3, 0.4) is 0 Å². The molecule has 3 heteroatoms. The second kappa shape index (κ2) is 1.86. The Morgan fingerprint density at radius 2 is 2.38 bits per heavy atom. The number of aromatic nitrogens is 1. The zero-order valence-electron chi connectivity index (χ0n) is 4.76. The smallest absolute Gasteiger partial charge is 0.139 e. The molecular weight excluding hydrogens is 98.9 g/mol. The lowest BCUT2D eigenvalue weighted by molar-refractivity contribution is 1.35. The lowest BCUT2D eigenvalue weighted by atomic mass is 9.98. The lowest BCUT2D eigenvalue weighted by Gasteiger charge is -1.90. The van der Waals surface area contributed by atoms with Crippen molar-refractivity contribution in [3.63, 3.8) is 0 Å². The molecule has 0 fully saturated rings. The number of rotatable bonds is 0. The van der Waals surface area contributed by atoms with E-state index in [4.69, 9.17) is 5.73 Å². The molecule has 2 N–H and O–H groups in total. The molecule has 0 amide bonds. The van der Waals surface area contributed by atoms with Gasteiger partial charge < -0.3 is 5.73 Å². The number of hydrogen-bond donors (Lipinski definition) is 1. The minimum Gasteiger partial charge on any atom is -0.384 e. The van der Waals surface area contributed by atoms with E-state index in [2.05, 4.69) is 4.98 Å². The summed E-state index contributed by atoms with van der Waals surface area (Å²) in [6.45, 7) is 0. The first-order valence-corrected chi connectivity index (χ1v) is 2.47. The zero-order chi connectivity index (χ0) is 5.98. The number of nitrogen functional groups attached to an aromatic ring is 1. The molecule has 1 rings (SSSR count). The average Bonchev–Trinajstić information content (AvgIpc) is 1.64. The van der Waals surface area contributed by atoms with Crippen LogP contribution in [0.15, 0.2) is 18.3 Å². The van der Waals surface area contributed by atoms with Crippen LogP contribution in [0.5, 0.6) is 0 Å². The fraction of sp³-hybridized carbons (Fsp3) is 0. The Bertz CT molecular complexity index is 170. The standard InChI is InChI=1S/C5H7BN2/c6-4-1-2-8-5(7)3-4/h1-3H,6H2,(H2,7,8). The van der Waals surface area contributed by atoms with Crippen molar-refractivity contribution in [3.8, 4) is 0 Å². The van der Waals surface area contributed by atoms with E-state index in [-0.39, 0.29) is 0 Å². The molecule has 1 heterocycles. The van der Waals surface area contributed by atoms with Crippen LogP contribution in [0.1, 0.15) is 0 Å². The molecule has 2 nitrogen and oxygen atoms in total. The van der Waals surface area contributed by atoms with Gasteiger partial charge in [0.2, 0.25) is 0 Å². The van der Waals surface area contributed by atoms with Crippen LogP contribution in [0, 0.1) is 0 Å². The minimum absolute atomic E-state index is 0.588. The summed E-state index contributed by atoms with van der Waals surface area (Å²) in [5.41, 5.74) is 6.50. The highest BCUT2D eigenvalue weighted by molar-refractivity contribution is 6.32. The van der Waals surface area contributed by atoms with Crippen molar-refractivity contribution in [2.24, 2.45) is 0 Å². The third kappa shape index (κ3) is 0.995. The van der Waals surface area contributed by atoms with Gasteiger partial charge in [0.25, 0.3) is 0 Å². The van der Waals surface area contributed by atoms with Gasteiger partial charge in [0.15, 0.2) is 0 Å². The van der Waals surface area contributed by atoms with E-state index in [9.17, 15) is 0 Å². The van der Waals surface area contributed by atoms with Crippen molar-refractivity contribution >= 4 is 19.1 Å². The van der Waals surface area contributed by atoms with Gasteiger partial charge in [-0.15, -0.1) is 0 Å². The van der Waals surface area contributed by atoms with Crippen molar-refractivity contribution in [1.29, 1.82) is 0 Å². The summed E-state index contributed by atoms with van der Waals surface area (Å²) in [7, 11) is 1.98. The van der Waals surface area contributed by atoms with E-state index in [0.717, 1.165) is 5.46 Å². The fourth-order valence-electron chi connectivity index (χ4n) is 0.560. The molecule has 0 saturated carbocycles. The molecule has 40 valence electrons. The third-order valence-corrected chi connectivity index (χ3v) is 0.937. The number of nitrogens with two attached hydrogens (primary N) is 1. The predicted octanol–water partition coefficient (Wildman–Crippen LogP) is -1.08. The Balaban J connectivity index is 3.08. The first-order chi connectivity index (χ1) is 3.79. The van der Waals surface area contributed by atoms with Gasteiger partial charge in [-0.25, -0.2) is 4.98 Å².